The van der Waals surface area contributed by atoms with Crippen molar-refractivity contribution in [3.8, 4) is 17.0 Å². The van der Waals surface area contributed by atoms with Crippen molar-refractivity contribution in [2.75, 3.05) is 12.5 Å². The molecule has 0 aliphatic rings. The summed E-state index contributed by atoms with van der Waals surface area (Å²) in [6.45, 7) is 0. The van der Waals surface area contributed by atoms with Crippen LogP contribution in [-0.2, 0) is 0 Å². The van der Waals surface area contributed by atoms with Crippen LogP contribution in [0.2, 0.25) is 5.02 Å². The predicted octanol–water partition coefficient (Wildman–Crippen LogP) is 4.92. The summed E-state index contributed by atoms with van der Waals surface area (Å²) in [5.41, 5.74) is 5.80. The Balaban J connectivity index is 1.67. The zero-order valence-corrected chi connectivity index (χ0v) is 13.9. The van der Waals surface area contributed by atoms with E-state index in [2.05, 4.69) is 15.5 Å². The second kappa shape index (κ2) is 7.26. The normalized spacial score (nSPS) is 10.9. The molecular weight excluding hydrogens is 330 g/mol. The first-order valence-corrected chi connectivity index (χ1v) is 8.15. The van der Waals surface area contributed by atoms with E-state index in [1.807, 2.05) is 53.9 Å². The van der Waals surface area contributed by atoms with Gasteiger partial charge in [0, 0.05) is 16.0 Å². The molecule has 116 valence electrons. The summed E-state index contributed by atoms with van der Waals surface area (Å²) in [6, 6.07) is 15.3. The van der Waals surface area contributed by atoms with E-state index in [0.29, 0.717) is 5.02 Å². The molecule has 23 heavy (non-hydrogen) atoms. The highest BCUT2D eigenvalue weighted by molar-refractivity contribution is 7.14. The number of nitrogens with one attached hydrogen (secondary N) is 1. The Hall–Kier alpha value is -2.37. The summed E-state index contributed by atoms with van der Waals surface area (Å²) in [4.78, 5) is 4.51. The number of thiazole rings is 1. The molecule has 0 amide bonds. The van der Waals surface area contributed by atoms with Crippen LogP contribution < -0.4 is 10.2 Å². The molecule has 1 heterocycles. The lowest BCUT2D eigenvalue weighted by atomic mass is 10.2. The van der Waals surface area contributed by atoms with Crippen LogP contribution in [0.5, 0.6) is 5.75 Å². The molecule has 4 nitrogen and oxygen atoms in total. The van der Waals surface area contributed by atoms with Gasteiger partial charge in [-0.1, -0.05) is 23.7 Å². The van der Waals surface area contributed by atoms with Gasteiger partial charge >= 0.3 is 0 Å². The Morgan fingerprint density at radius 2 is 2.04 bits per heavy atom. The maximum atomic E-state index is 5.93. The summed E-state index contributed by atoms with van der Waals surface area (Å²) in [5.74, 6) is 0.827. The monoisotopic (exact) mass is 343 g/mol. The Morgan fingerprint density at radius 1 is 1.22 bits per heavy atom. The molecule has 6 heteroatoms. The van der Waals surface area contributed by atoms with Crippen molar-refractivity contribution in [3.63, 3.8) is 0 Å². The van der Waals surface area contributed by atoms with Gasteiger partial charge in [-0.2, -0.15) is 5.10 Å². The Kier molecular flexibility index (Phi) is 4.90. The van der Waals surface area contributed by atoms with Crippen molar-refractivity contribution in [2.45, 2.75) is 0 Å². The number of hydrazone groups is 1. The number of hydrogen-bond acceptors (Lipinski definition) is 5. The average molecular weight is 344 g/mol. The largest absolute Gasteiger partial charge is 0.497 e. The first-order chi connectivity index (χ1) is 11.2. The van der Waals surface area contributed by atoms with E-state index in [1.165, 1.54) is 11.3 Å². The highest BCUT2D eigenvalue weighted by Crippen LogP contribution is 2.26. The fourth-order valence-electron chi connectivity index (χ4n) is 1.97. The summed E-state index contributed by atoms with van der Waals surface area (Å²) < 4.78 is 5.16. The molecule has 0 unspecified atom stereocenters. The van der Waals surface area contributed by atoms with Gasteiger partial charge in [0.05, 0.1) is 19.0 Å². The minimum Gasteiger partial charge on any atom is -0.497 e. The Bertz CT molecular complexity index is 815. The van der Waals surface area contributed by atoms with Crippen LogP contribution in [0.4, 0.5) is 5.13 Å². The molecular formula is C17H14ClN3OS. The molecule has 1 N–H and O–H groups in total. The van der Waals surface area contributed by atoms with Crippen molar-refractivity contribution in [2.24, 2.45) is 5.10 Å². The number of aromatic nitrogens is 1. The standard InChI is InChI=1S/C17H14ClN3OS/c1-22-15-7-5-13(6-8-15)16-11-23-17(20-16)21-19-10-12-3-2-4-14(18)9-12/h2-11H,1H3,(H,20,21). The maximum Gasteiger partial charge on any atom is 0.203 e. The summed E-state index contributed by atoms with van der Waals surface area (Å²) in [7, 11) is 1.65. The fraction of sp³-hybridized carbons (Fsp3) is 0.0588. The molecule has 0 aliphatic carbocycles. The molecule has 0 saturated heterocycles. The number of halogens is 1. The van der Waals surface area contributed by atoms with Crippen LogP contribution in [0.3, 0.4) is 0 Å². The van der Waals surface area contributed by atoms with E-state index in [1.54, 1.807) is 13.3 Å². The van der Waals surface area contributed by atoms with Crippen molar-refractivity contribution in [1.29, 1.82) is 0 Å². The van der Waals surface area contributed by atoms with E-state index < -0.39 is 0 Å². The lowest BCUT2D eigenvalue weighted by molar-refractivity contribution is 0.415. The molecule has 0 atom stereocenters. The van der Waals surface area contributed by atoms with Gasteiger partial charge in [0.1, 0.15) is 5.75 Å². The average Bonchev–Trinajstić information content (AvgIpc) is 3.04. The Labute approximate surface area is 143 Å². The number of ether oxygens (including phenoxy) is 1. The van der Waals surface area contributed by atoms with Gasteiger partial charge in [-0.25, -0.2) is 4.98 Å². The van der Waals surface area contributed by atoms with Crippen molar-refractivity contribution < 1.29 is 4.74 Å². The summed E-state index contributed by atoms with van der Waals surface area (Å²) >= 11 is 7.43. The van der Waals surface area contributed by atoms with Crippen LogP contribution in [0.1, 0.15) is 5.56 Å². The van der Waals surface area contributed by atoms with Crippen molar-refractivity contribution in [3.05, 3.63) is 64.5 Å². The van der Waals surface area contributed by atoms with Crippen molar-refractivity contribution >= 4 is 34.3 Å². The van der Waals surface area contributed by atoms with E-state index >= 15 is 0 Å². The topological polar surface area (TPSA) is 46.5 Å². The molecule has 0 saturated carbocycles. The molecule has 0 radical (unpaired) electrons. The number of methoxy groups -OCH3 is 1. The highest BCUT2D eigenvalue weighted by atomic mass is 35.5. The molecule has 0 spiro atoms. The number of benzene rings is 2. The third-order valence-electron chi connectivity index (χ3n) is 3.11. The maximum absolute atomic E-state index is 5.93. The minimum atomic E-state index is 0.685. The van der Waals surface area contributed by atoms with Gasteiger partial charge in [-0.3, -0.25) is 5.43 Å². The lowest BCUT2D eigenvalue weighted by Crippen LogP contribution is -1.90. The lowest BCUT2D eigenvalue weighted by Gasteiger charge is -2.00. The van der Waals surface area contributed by atoms with E-state index in [0.717, 1.165) is 27.7 Å². The minimum absolute atomic E-state index is 0.685. The van der Waals surface area contributed by atoms with Gasteiger partial charge in [0.15, 0.2) is 0 Å². The zero-order valence-electron chi connectivity index (χ0n) is 12.4. The molecule has 0 bridgehead atoms. The van der Waals surface area contributed by atoms with Gasteiger partial charge < -0.3 is 4.74 Å². The van der Waals surface area contributed by atoms with E-state index in [9.17, 15) is 0 Å². The first-order valence-electron chi connectivity index (χ1n) is 6.89. The third-order valence-corrected chi connectivity index (χ3v) is 4.09. The molecule has 2 aromatic carbocycles. The molecule has 1 aromatic heterocycles. The predicted molar refractivity (Wildman–Crippen MR) is 96.8 cm³/mol. The molecule has 0 aliphatic heterocycles. The van der Waals surface area contributed by atoms with Gasteiger partial charge in [-0.05, 0) is 42.0 Å². The first kappa shape index (κ1) is 15.5. The van der Waals surface area contributed by atoms with Crippen LogP contribution in [0.25, 0.3) is 11.3 Å². The zero-order chi connectivity index (χ0) is 16.1. The Morgan fingerprint density at radius 3 is 2.78 bits per heavy atom. The number of anilines is 1. The van der Waals surface area contributed by atoms with E-state index in [4.69, 9.17) is 16.3 Å². The summed E-state index contributed by atoms with van der Waals surface area (Å²) in [5, 5.41) is 7.58. The molecule has 3 aromatic rings. The second-order valence-electron chi connectivity index (χ2n) is 4.69. The number of hydrogen-bond donors (Lipinski definition) is 1. The van der Waals surface area contributed by atoms with Gasteiger partial charge in [0.2, 0.25) is 5.13 Å². The van der Waals surface area contributed by atoms with Gasteiger partial charge in [0.25, 0.3) is 0 Å². The van der Waals surface area contributed by atoms with E-state index in [-0.39, 0.29) is 0 Å². The number of rotatable bonds is 5. The number of nitrogens with zero attached hydrogens (tertiary/aromatic N) is 2. The second-order valence-corrected chi connectivity index (χ2v) is 5.99. The van der Waals surface area contributed by atoms with Crippen molar-refractivity contribution in [1.82, 2.24) is 4.98 Å². The smallest absolute Gasteiger partial charge is 0.203 e. The SMILES string of the molecule is COc1ccc(-c2csc(NN=Cc3cccc(Cl)c3)n2)cc1. The highest BCUT2D eigenvalue weighted by Gasteiger charge is 2.04. The van der Waals surface area contributed by atoms with Crippen LogP contribution in [0, 0.1) is 0 Å². The quantitative estimate of drug-likeness (QED) is 0.528. The molecule has 3 rings (SSSR count). The van der Waals surface area contributed by atoms with Gasteiger partial charge in [-0.15, -0.1) is 11.3 Å². The van der Waals surface area contributed by atoms with Crippen LogP contribution >= 0.6 is 22.9 Å². The summed E-state index contributed by atoms with van der Waals surface area (Å²) in [6.07, 6.45) is 1.71. The molecule has 0 fully saturated rings. The third kappa shape index (κ3) is 4.09. The van der Waals surface area contributed by atoms with Crippen LogP contribution in [0.15, 0.2) is 59.0 Å². The van der Waals surface area contributed by atoms with Crippen LogP contribution in [-0.4, -0.2) is 18.3 Å². The fourth-order valence-corrected chi connectivity index (χ4v) is 2.84.